The molecule has 0 saturated carbocycles. The first-order valence-electron chi connectivity index (χ1n) is 5.49. The van der Waals surface area contributed by atoms with Crippen molar-refractivity contribution in [1.29, 1.82) is 0 Å². The van der Waals surface area contributed by atoms with Crippen molar-refractivity contribution < 1.29 is 13.2 Å². The van der Waals surface area contributed by atoms with Gasteiger partial charge in [0.1, 0.15) is 5.69 Å². The van der Waals surface area contributed by atoms with E-state index in [0.717, 1.165) is 0 Å². The van der Waals surface area contributed by atoms with Gasteiger partial charge in [-0.05, 0) is 12.1 Å². The fourth-order valence-corrected chi connectivity index (χ4v) is 1.75. The van der Waals surface area contributed by atoms with Crippen molar-refractivity contribution in [2.24, 2.45) is 0 Å². The van der Waals surface area contributed by atoms with Crippen molar-refractivity contribution in [3.8, 4) is 22.6 Å². The molecule has 20 heavy (non-hydrogen) atoms. The molecule has 0 saturated heterocycles. The van der Waals surface area contributed by atoms with Crippen molar-refractivity contribution in [3.63, 3.8) is 0 Å². The number of aromatic nitrogens is 6. The quantitative estimate of drug-likeness (QED) is 0.754. The van der Waals surface area contributed by atoms with Gasteiger partial charge in [0, 0.05) is 11.8 Å². The Kier molecular flexibility index (Phi) is 2.74. The first-order chi connectivity index (χ1) is 9.55. The summed E-state index contributed by atoms with van der Waals surface area (Å²) < 4.78 is 38.4. The van der Waals surface area contributed by atoms with Crippen molar-refractivity contribution in [3.05, 3.63) is 36.5 Å². The highest BCUT2D eigenvalue weighted by Crippen LogP contribution is 2.34. The number of aromatic amines is 2. The van der Waals surface area contributed by atoms with E-state index in [1.54, 1.807) is 0 Å². The summed E-state index contributed by atoms with van der Waals surface area (Å²) in [5.41, 5.74) is 0.0191. The molecule has 3 rings (SSSR count). The predicted molar refractivity (Wildman–Crippen MR) is 62.2 cm³/mol. The average Bonchev–Trinajstić information content (AvgIpc) is 3.10. The number of H-pyrrole nitrogens is 2. The van der Waals surface area contributed by atoms with E-state index in [1.165, 1.54) is 30.9 Å². The monoisotopic (exact) mass is 280 g/mol. The molecule has 0 atom stereocenters. The van der Waals surface area contributed by atoms with Gasteiger partial charge in [0.15, 0.2) is 5.69 Å². The number of halogens is 3. The molecule has 2 N–H and O–H groups in total. The number of rotatable bonds is 2. The molecule has 3 aromatic rings. The molecule has 102 valence electrons. The van der Waals surface area contributed by atoms with Gasteiger partial charge in [-0.2, -0.15) is 28.6 Å². The van der Waals surface area contributed by atoms with Gasteiger partial charge in [0.25, 0.3) is 0 Å². The minimum absolute atomic E-state index is 0.263. The van der Waals surface area contributed by atoms with Gasteiger partial charge in [0.2, 0.25) is 0 Å². The first kappa shape index (κ1) is 12.3. The lowest BCUT2D eigenvalue weighted by Crippen LogP contribution is -2.07. The summed E-state index contributed by atoms with van der Waals surface area (Å²) in [6, 6.07) is 2.92. The average molecular weight is 280 g/mol. The zero-order valence-corrected chi connectivity index (χ0v) is 9.81. The number of nitrogens with zero attached hydrogens (tertiary/aromatic N) is 4. The van der Waals surface area contributed by atoms with E-state index in [-0.39, 0.29) is 11.3 Å². The summed E-state index contributed by atoms with van der Waals surface area (Å²) in [7, 11) is 0. The number of hydrogen-bond acceptors (Lipinski definition) is 4. The van der Waals surface area contributed by atoms with E-state index in [2.05, 4.69) is 25.1 Å². The van der Waals surface area contributed by atoms with E-state index in [9.17, 15) is 13.2 Å². The molecule has 3 aromatic heterocycles. The van der Waals surface area contributed by atoms with Crippen LogP contribution in [0.4, 0.5) is 13.2 Å². The number of nitrogens with one attached hydrogen (secondary N) is 2. The topological polar surface area (TPSA) is 83.1 Å². The normalized spacial score (nSPS) is 11.8. The van der Waals surface area contributed by atoms with Crippen LogP contribution in [0.1, 0.15) is 5.69 Å². The lowest BCUT2D eigenvalue weighted by molar-refractivity contribution is -0.140. The maximum atomic E-state index is 12.8. The lowest BCUT2D eigenvalue weighted by Gasteiger charge is -2.05. The van der Waals surface area contributed by atoms with Crippen LogP contribution >= 0.6 is 0 Å². The predicted octanol–water partition coefficient (Wildman–Crippen LogP) is 2.28. The number of imidazole rings is 1. The molecule has 0 amide bonds. The van der Waals surface area contributed by atoms with Crippen LogP contribution in [0, 0.1) is 0 Å². The summed E-state index contributed by atoms with van der Waals surface area (Å²) in [5.74, 6) is 0. The Bertz CT molecular complexity index is 716. The van der Waals surface area contributed by atoms with Crippen LogP contribution < -0.4 is 0 Å². The maximum absolute atomic E-state index is 12.8. The van der Waals surface area contributed by atoms with E-state index < -0.39 is 11.9 Å². The Morgan fingerprint density at radius 1 is 1.15 bits per heavy atom. The van der Waals surface area contributed by atoms with Crippen LogP contribution in [0.15, 0.2) is 30.9 Å². The molecule has 0 fully saturated rings. The molecular formula is C11H7F3N6. The van der Waals surface area contributed by atoms with Crippen LogP contribution in [0.5, 0.6) is 0 Å². The minimum Gasteiger partial charge on any atom is -0.343 e. The number of pyridine rings is 1. The molecule has 0 aliphatic rings. The SMILES string of the molecule is FC(F)(F)c1n[nH]nc1-c1ccnc(-c2cnc[nH]2)c1. The van der Waals surface area contributed by atoms with Crippen LogP contribution in [0.25, 0.3) is 22.6 Å². The van der Waals surface area contributed by atoms with Crippen LogP contribution in [0.3, 0.4) is 0 Å². The highest BCUT2D eigenvalue weighted by molar-refractivity contribution is 5.67. The molecule has 0 aromatic carbocycles. The lowest BCUT2D eigenvalue weighted by atomic mass is 10.1. The number of hydrogen-bond donors (Lipinski definition) is 2. The van der Waals surface area contributed by atoms with Crippen LogP contribution in [-0.2, 0) is 6.18 Å². The van der Waals surface area contributed by atoms with Crippen molar-refractivity contribution in [2.75, 3.05) is 0 Å². The van der Waals surface area contributed by atoms with Crippen molar-refractivity contribution >= 4 is 0 Å². The smallest absolute Gasteiger partial charge is 0.343 e. The van der Waals surface area contributed by atoms with Gasteiger partial charge in [-0.1, -0.05) is 0 Å². The summed E-state index contributed by atoms with van der Waals surface area (Å²) in [5, 5.41) is 8.72. The van der Waals surface area contributed by atoms with E-state index in [4.69, 9.17) is 0 Å². The van der Waals surface area contributed by atoms with E-state index in [1.807, 2.05) is 5.21 Å². The summed E-state index contributed by atoms with van der Waals surface area (Å²) >= 11 is 0. The molecule has 6 nitrogen and oxygen atoms in total. The van der Waals surface area contributed by atoms with Gasteiger partial charge >= 0.3 is 6.18 Å². The van der Waals surface area contributed by atoms with Gasteiger partial charge in [-0.15, -0.1) is 0 Å². The first-order valence-corrected chi connectivity index (χ1v) is 5.49. The third-order valence-electron chi connectivity index (χ3n) is 2.62. The Hall–Kier alpha value is -2.71. The van der Waals surface area contributed by atoms with Gasteiger partial charge in [-0.3, -0.25) is 4.98 Å². The minimum atomic E-state index is -4.57. The molecular weight excluding hydrogens is 273 g/mol. The third-order valence-corrected chi connectivity index (χ3v) is 2.62. The third kappa shape index (κ3) is 2.13. The molecule has 0 aliphatic heterocycles. The van der Waals surface area contributed by atoms with Crippen molar-refractivity contribution in [1.82, 2.24) is 30.4 Å². The number of alkyl halides is 3. The molecule has 9 heteroatoms. The van der Waals surface area contributed by atoms with Gasteiger partial charge < -0.3 is 4.98 Å². The second-order valence-electron chi connectivity index (χ2n) is 3.91. The van der Waals surface area contributed by atoms with E-state index in [0.29, 0.717) is 11.4 Å². The Morgan fingerprint density at radius 2 is 2.00 bits per heavy atom. The highest BCUT2D eigenvalue weighted by Gasteiger charge is 2.37. The largest absolute Gasteiger partial charge is 0.437 e. The standard InChI is InChI=1S/C11H7F3N6/c12-11(13,14)10-9(18-20-19-10)6-1-2-16-7(3-6)8-4-15-5-17-8/h1-5H,(H,15,17)(H,18,19,20). The van der Waals surface area contributed by atoms with E-state index >= 15 is 0 Å². The highest BCUT2D eigenvalue weighted by atomic mass is 19.4. The zero-order chi connectivity index (χ0) is 14.2. The van der Waals surface area contributed by atoms with Crippen LogP contribution in [-0.4, -0.2) is 30.4 Å². The molecule has 0 aliphatic carbocycles. The molecule has 3 heterocycles. The Labute approximate surface area is 110 Å². The summed E-state index contributed by atoms with van der Waals surface area (Å²) in [4.78, 5) is 10.7. The van der Waals surface area contributed by atoms with Gasteiger partial charge in [-0.25, -0.2) is 4.98 Å². The zero-order valence-electron chi connectivity index (χ0n) is 9.81. The molecule has 0 unspecified atom stereocenters. The Morgan fingerprint density at radius 3 is 2.70 bits per heavy atom. The molecule has 0 radical (unpaired) electrons. The van der Waals surface area contributed by atoms with Crippen LogP contribution in [0.2, 0.25) is 0 Å². The summed E-state index contributed by atoms with van der Waals surface area (Å²) in [6.45, 7) is 0. The fourth-order valence-electron chi connectivity index (χ4n) is 1.75. The van der Waals surface area contributed by atoms with Gasteiger partial charge in [0.05, 0.1) is 23.9 Å². The second-order valence-corrected chi connectivity index (χ2v) is 3.91. The molecule has 0 spiro atoms. The maximum Gasteiger partial charge on any atom is 0.437 e. The Balaban J connectivity index is 2.08. The summed E-state index contributed by atoms with van der Waals surface area (Å²) in [6.07, 6.45) is -0.180. The fraction of sp³-hybridized carbons (Fsp3) is 0.0909. The second kappa shape index (κ2) is 4.44. The van der Waals surface area contributed by atoms with Crippen molar-refractivity contribution in [2.45, 2.75) is 6.18 Å². The molecule has 0 bridgehead atoms.